The summed E-state index contributed by atoms with van der Waals surface area (Å²) in [6, 6.07) is 0. The summed E-state index contributed by atoms with van der Waals surface area (Å²) in [4.78, 5) is 24.7. The molecule has 0 unspecified atom stereocenters. The van der Waals surface area contributed by atoms with Gasteiger partial charge >= 0.3 is 11.9 Å². The highest BCUT2D eigenvalue weighted by Crippen LogP contribution is 2.33. The second kappa shape index (κ2) is 10.8. The van der Waals surface area contributed by atoms with Gasteiger partial charge < -0.3 is 28.8 Å². The number of carbonyl (C=O) groups is 2. The topological polar surface area (TPSA) is 101 Å². The maximum absolute atomic E-state index is 12.5. The van der Waals surface area contributed by atoms with Crippen molar-refractivity contribution < 1.29 is 38.4 Å². The van der Waals surface area contributed by atoms with Gasteiger partial charge in [0.2, 0.25) is 0 Å². The number of esters is 2. The van der Waals surface area contributed by atoms with Crippen molar-refractivity contribution in [2.24, 2.45) is 10.8 Å². The first-order valence-electron chi connectivity index (χ1n) is 12.0. The lowest BCUT2D eigenvalue weighted by molar-refractivity contribution is -0.258. The molecule has 0 amide bonds. The number of carbonyl (C=O) groups excluding carboxylic acids is 2. The van der Waals surface area contributed by atoms with Gasteiger partial charge in [-0.25, -0.2) is 0 Å². The van der Waals surface area contributed by atoms with E-state index in [1.54, 1.807) is 53.7 Å². The molecule has 7 atom stereocenters. The van der Waals surface area contributed by atoms with E-state index in [0.29, 0.717) is 13.0 Å². The molecule has 0 aromatic heterocycles. The summed E-state index contributed by atoms with van der Waals surface area (Å²) >= 11 is 0. The summed E-state index contributed by atoms with van der Waals surface area (Å²) in [6.07, 6.45) is 1.67. The zero-order chi connectivity index (χ0) is 25.1. The van der Waals surface area contributed by atoms with Gasteiger partial charge in [-0.05, 0) is 66.5 Å². The highest BCUT2D eigenvalue weighted by Gasteiger charge is 2.48. The van der Waals surface area contributed by atoms with Gasteiger partial charge in [0.15, 0.2) is 6.10 Å². The van der Waals surface area contributed by atoms with Crippen LogP contribution in [-0.4, -0.2) is 73.0 Å². The van der Waals surface area contributed by atoms with Crippen LogP contribution in [0.15, 0.2) is 12.2 Å². The van der Waals surface area contributed by atoms with Crippen LogP contribution in [0.25, 0.3) is 0 Å². The van der Waals surface area contributed by atoms with Crippen LogP contribution in [0, 0.1) is 22.7 Å². The predicted molar refractivity (Wildman–Crippen MR) is 124 cm³/mol. The normalized spacial score (nSPS) is 32.4. The summed E-state index contributed by atoms with van der Waals surface area (Å²) in [7, 11) is 0. The van der Waals surface area contributed by atoms with Crippen molar-refractivity contribution in [1.82, 2.24) is 0 Å². The van der Waals surface area contributed by atoms with Gasteiger partial charge in [-0.1, -0.05) is 11.8 Å². The SMILES string of the molecule is CC(C)(C)C(=O)OC[C@H](C=C[C@@H]1C#CC[C@H]2O[C@H]3CCCO[C@@H]3[C@@H](O)[C@@H]2O1)OC(=O)C(C)(C)C. The zero-order valence-corrected chi connectivity index (χ0v) is 21.0. The molecule has 0 bridgehead atoms. The maximum Gasteiger partial charge on any atom is 0.311 e. The average molecular weight is 479 g/mol. The summed E-state index contributed by atoms with van der Waals surface area (Å²) in [5.74, 6) is 5.29. The molecule has 1 N–H and O–H groups in total. The van der Waals surface area contributed by atoms with Gasteiger partial charge in [-0.2, -0.15) is 0 Å². The monoisotopic (exact) mass is 478 g/mol. The van der Waals surface area contributed by atoms with Gasteiger partial charge in [0.25, 0.3) is 0 Å². The van der Waals surface area contributed by atoms with Crippen LogP contribution in [0.2, 0.25) is 0 Å². The Morgan fingerprint density at radius 1 is 1.06 bits per heavy atom. The largest absolute Gasteiger partial charge is 0.461 e. The minimum atomic E-state index is -0.830. The van der Waals surface area contributed by atoms with Crippen LogP contribution in [0.3, 0.4) is 0 Å². The molecule has 3 aliphatic rings. The van der Waals surface area contributed by atoms with Crippen molar-refractivity contribution in [2.45, 2.75) is 104 Å². The van der Waals surface area contributed by atoms with Crippen LogP contribution in [-0.2, 0) is 33.3 Å². The van der Waals surface area contributed by atoms with Crippen LogP contribution in [0.1, 0.15) is 60.8 Å². The molecule has 3 aliphatic heterocycles. The highest BCUT2D eigenvalue weighted by molar-refractivity contribution is 5.76. The van der Waals surface area contributed by atoms with Crippen molar-refractivity contribution >= 4 is 11.9 Å². The Bertz CT molecular complexity index is 824. The number of rotatable bonds is 5. The van der Waals surface area contributed by atoms with Crippen LogP contribution >= 0.6 is 0 Å². The Morgan fingerprint density at radius 3 is 2.44 bits per heavy atom. The van der Waals surface area contributed by atoms with E-state index in [-0.39, 0.29) is 18.8 Å². The summed E-state index contributed by atoms with van der Waals surface area (Å²) in [6.45, 7) is 11.0. The van der Waals surface area contributed by atoms with Gasteiger partial charge in [0.05, 0.1) is 23.0 Å². The average Bonchev–Trinajstić information content (AvgIpc) is 2.96. The molecule has 8 nitrogen and oxygen atoms in total. The van der Waals surface area contributed by atoms with E-state index in [4.69, 9.17) is 23.7 Å². The molecule has 2 saturated heterocycles. The van der Waals surface area contributed by atoms with E-state index in [2.05, 4.69) is 11.8 Å². The molecule has 3 rings (SSSR count). The molecular weight excluding hydrogens is 440 g/mol. The van der Waals surface area contributed by atoms with Crippen molar-refractivity contribution in [3.05, 3.63) is 12.2 Å². The van der Waals surface area contributed by atoms with Gasteiger partial charge in [0, 0.05) is 13.0 Å². The molecule has 2 fully saturated rings. The van der Waals surface area contributed by atoms with Crippen molar-refractivity contribution in [2.75, 3.05) is 13.2 Å². The van der Waals surface area contributed by atoms with Crippen molar-refractivity contribution in [3.8, 4) is 11.8 Å². The number of fused-ring (bicyclic) bond motifs is 2. The molecule has 34 heavy (non-hydrogen) atoms. The van der Waals surface area contributed by atoms with Crippen LogP contribution < -0.4 is 0 Å². The smallest absolute Gasteiger partial charge is 0.311 e. The standard InChI is InChI=1S/C26H38O8/c1-25(2,3)23(28)31-15-17(33-24(29)26(4,5)6)13-12-16-9-7-10-19-22(32-16)20(27)21-18(34-19)11-8-14-30-21/h12-13,16-22,27H,8,10-11,14-15H2,1-6H3/t16-,17-,18-,19+,20+,21-,22+/m0/s1. The number of aliphatic hydroxyl groups is 1. The Labute approximate surface area is 202 Å². The molecular formula is C26H38O8. The fourth-order valence-electron chi connectivity index (χ4n) is 3.88. The molecule has 0 aliphatic carbocycles. The van der Waals surface area contributed by atoms with E-state index < -0.39 is 53.3 Å². The third-order valence-corrected chi connectivity index (χ3v) is 5.91. The lowest BCUT2D eigenvalue weighted by Crippen LogP contribution is -2.60. The first-order chi connectivity index (χ1) is 15.9. The maximum atomic E-state index is 12.5. The Balaban J connectivity index is 1.69. The fourth-order valence-corrected chi connectivity index (χ4v) is 3.88. The molecule has 0 aromatic rings. The molecule has 0 spiro atoms. The number of hydrogen-bond acceptors (Lipinski definition) is 8. The van der Waals surface area contributed by atoms with E-state index in [1.165, 1.54) is 0 Å². The highest BCUT2D eigenvalue weighted by atomic mass is 16.6. The minimum absolute atomic E-state index is 0.121. The lowest BCUT2D eigenvalue weighted by atomic mass is 9.90. The first kappa shape index (κ1) is 26.7. The van der Waals surface area contributed by atoms with Crippen molar-refractivity contribution in [1.29, 1.82) is 0 Å². The second-order valence-corrected chi connectivity index (χ2v) is 11.2. The van der Waals surface area contributed by atoms with E-state index in [9.17, 15) is 14.7 Å². The quantitative estimate of drug-likeness (QED) is 0.366. The second-order valence-electron chi connectivity index (χ2n) is 11.2. The van der Waals surface area contributed by atoms with Gasteiger partial charge in [-0.15, -0.1) is 0 Å². The van der Waals surface area contributed by atoms with E-state index >= 15 is 0 Å². The molecule has 0 radical (unpaired) electrons. The molecule has 0 saturated carbocycles. The fraction of sp³-hybridized carbons (Fsp3) is 0.769. The van der Waals surface area contributed by atoms with Crippen LogP contribution in [0.5, 0.6) is 0 Å². The lowest BCUT2D eigenvalue weighted by Gasteiger charge is -2.46. The summed E-state index contributed by atoms with van der Waals surface area (Å²) < 4.78 is 29.0. The minimum Gasteiger partial charge on any atom is -0.461 e. The third kappa shape index (κ3) is 6.82. The van der Waals surface area contributed by atoms with Gasteiger partial charge in [-0.3, -0.25) is 9.59 Å². The Kier molecular flexibility index (Phi) is 8.46. The Morgan fingerprint density at radius 2 is 1.76 bits per heavy atom. The summed E-state index contributed by atoms with van der Waals surface area (Å²) in [5.41, 5.74) is -1.39. The number of aliphatic hydroxyl groups excluding tert-OH is 1. The Hall–Kier alpha value is -1.92. The number of hydrogen-bond donors (Lipinski definition) is 1. The summed E-state index contributed by atoms with van der Waals surface area (Å²) in [5, 5.41) is 10.9. The first-order valence-corrected chi connectivity index (χ1v) is 12.0. The molecule has 8 heteroatoms. The predicted octanol–water partition coefficient (Wildman–Crippen LogP) is 2.56. The third-order valence-electron chi connectivity index (χ3n) is 5.91. The van der Waals surface area contributed by atoms with E-state index in [1.807, 2.05) is 0 Å². The molecule has 3 heterocycles. The van der Waals surface area contributed by atoms with Gasteiger partial charge in [0.1, 0.15) is 31.0 Å². The van der Waals surface area contributed by atoms with Crippen molar-refractivity contribution in [3.63, 3.8) is 0 Å². The molecule has 190 valence electrons. The van der Waals surface area contributed by atoms with E-state index in [0.717, 1.165) is 12.8 Å². The number of ether oxygens (including phenoxy) is 5. The molecule has 0 aromatic carbocycles. The van der Waals surface area contributed by atoms with Crippen LogP contribution in [0.4, 0.5) is 0 Å². The zero-order valence-electron chi connectivity index (χ0n) is 21.0.